The lowest BCUT2D eigenvalue weighted by Gasteiger charge is -2.10. The molecular formula is C15H18N2OS. The van der Waals surface area contributed by atoms with Crippen LogP contribution in [0.4, 0.5) is 11.4 Å². The Morgan fingerprint density at radius 1 is 1.26 bits per heavy atom. The lowest BCUT2D eigenvalue weighted by molar-refractivity contribution is 0.102. The van der Waals surface area contributed by atoms with Crippen LogP contribution in [0, 0.1) is 6.92 Å². The van der Waals surface area contributed by atoms with Gasteiger partial charge in [-0.3, -0.25) is 4.79 Å². The maximum Gasteiger partial charge on any atom is 0.255 e. The van der Waals surface area contributed by atoms with Gasteiger partial charge in [-0.25, -0.2) is 0 Å². The molecule has 1 aromatic carbocycles. The van der Waals surface area contributed by atoms with Gasteiger partial charge < -0.3 is 10.6 Å². The van der Waals surface area contributed by atoms with Gasteiger partial charge in [-0.05, 0) is 48.6 Å². The SMILES string of the molecule is CCCNc1ccc(C(=O)Nc2ccsc2)c(C)c1. The highest BCUT2D eigenvalue weighted by Crippen LogP contribution is 2.18. The molecule has 3 nitrogen and oxygen atoms in total. The second-order valence-electron chi connectivity index (χ2n) is 4.42. The fourth-order valence-corrected chi connectivity index (χ4v) is 2.42. The molecule has 0 bridgehead atoms. The van der Waals surface area contributed by atoms with E-state index in [9.17, 15) is 4.79 Å². The van der Waals surface area contributed by atoms with Crippen LogP contribution >= 0.6 is 11.3 Å². The summed E-state index contributed by atoms with van der Waals surface area (Å²) in [4.78, 5) is 12.1. The summed E-state index contributed by atoms with van der Waals surface area (Å²) < 4.78 is 0. The van der Waals surface area contributed by atoms with E-state index in [1.54, 1.807) is 11.3 Å². The molecule has 1 heterocycles. The number of hydrogen-bond donors (Lipinski definition) is 2. The van der Waals surface area contributed by atoms with Crippen molar-refractivity contribution in [1.29, 1.82) is 0 Å². The Morgan fingerprint density at radius 2 is 2.11 bits per heavy atom. The number of carbonyl (C=O) groups excluding carboxylic acids is 1. The van der Waals surface area contributed by atoms with E-state index < -0.39 is 0 Å². The molecule has 0 spiro atoms. The van der Waals surface area contributed by atoms with Crippen molar-refractivity contribution in [1.82, 2.24) is 0 Å². The lowest BCUT2D eigenvalue weighted by atomic mass is 10.1. The van der Waals surface area contributed by atoms with Crippen molar-refractivity contribution in [3.8, 4) is 0 Å². The first-order chi connectivity index (χ1) is 9.20. The van der Waals surface area contributed by atoms with Crippen LogP contribution < -0.4 is 10.6 Å². The minimum absolute atomic E-state index is 0.0575. The number of amides is 1. The van der Waals surface area contributed by atoms with Crippen molar-refractivity contribution in [2.45, 2.75) is 20.3 Å². The summed E-state index contributed by atoms with van der Waals surface area (Å²) in [6.45, 7) is 5.03. The van der Waals surface area contributed by atoms with Crippen molar-refractivity contribution >= 4 is 28.6 Å². The number of rotatable bonds is 5. The Labute approximate surface area is 117 Å². The van der Waals surface area contributed by atoms with E-state index >= 15 is 0 Å². The topological polar surface area (TPSA) is 41.1 Å². The maximum absolute atomic E-state index is 12.1. The fourth-order valence-electron chi connectivity index (χ4n) is 1.83. The van der Waals surface area contributed by atoms with Crippen molar-refractivity contribution in [2.75, 3.05) is 17.2 Å². The number of nitrogens with one attached hydrogen (secondary N) is 2. The van der Waals surface area contributed by atoms with Crippen molar-refractivity contribution < 1.29 is 4.79 Å². The van der Waals surface area contributed by atoms with E-state index in [1.807, 2.05) is 41.9 Å². The number of thiophene rings is 1. The lowest BCUT2D eigenvalue weighted by Crippen LogP contribution is -2.13. The standard InChI is InChI=1S/C15H18N2OS/c1-3-7-16-12-4-5-14(11(2)9-12)15(18)17-13-6-8-19-10-13/h4-6,8-10,16H,3,7H2,1-2H3,(H,17,18). The fraction of sp³-hybridized carbons (Fsp3) is 0.267. The highest BCUT2D eigenvalue weighted by Gasteiger charge is 2.09. The molecule has 0 saturated heterocycles. The molecule has 0 saturated carbocycles. The summed E-state index contributed by atoms with van der Waals surface area (Å²) in [7, 11) is 0. The number of hydrogen-bond acceptors (Lipinski definition) is 3. The molecule has 2 aromatic rings. The molecule has 19 heavy (non-hydrogen) atoms. The summed E-state index contributed by atoms with van der Waals surface area (Å²) >= 11 is 1.57. The predicted octanol–water partition coefficient (Wildman–Crippen LogP) is 4.13. The van der Waals surface area contributed by atoms with E-state index in [0.29, 0.717) is 5.56 Å². The third-order valence-electron chi connectivity index (χ3n) is 2.83. The van der Waals surface area contributed by atoms with Gasteiger partial charge in [0.1, 0.15) is 0 Å². The molecular weight excluding hydrogens is 256 g/mol. The molecule has 0 fully saturated rings. The third kappa shape index (κ3) is 3.58. The van der Waals surface area contributed by atoms with Gasteiger partial charge in [-0.1, -0.05) is 6.92 Å². The quantitative estimate of drug-likeness (QED) is 0.860. The van der Waals surface area contributed by atoms with Gasteiger partial charge in [0.2, 0.25) is 0 Å². The molecule has 0 atom stereocenters. The van der Waals surface area contributed by atoms with Gasteiger partial charge in [0.05, 0.1) is 5.69 Å². The van der Waals surface area contributed by atoms with E-state index in [2.05, 4.69) is 17.6 Å². The normalized spacial score (nSPS) is 10.2. The van der Waals surface area contributed by atoms with E-state index in [-0.39, 0.29) is 5.91 Å². The Morgan fingerprint density at radius 3 is 2.74 bits per heavy atom. The Balaban J connectivity index is 2.09. The van der Waals surface area contributed by atoms with Gasteiger partial charge in [0.25, 0.3) is 5.91 Å². The molecule has 2 N–H and O–H groups in total. The monoisotopic (exact) mass is 274 g/mol. The molecule has 2 rings (SSSR count). The highest BCUT2D eigenvalue weighted by atomic mass is 32.1. The average molecular weight is 274 g/mol. The van der Waals surface area contributed by atoms with Gasteiger partial charge in [-0.15, -0.1) is 0 Å². The van der Waals surface area contributed by atoms with Crippen LogP contribution in [0.2, 0.25) is 0 Å². The van der Waals surface area contributed by atoms with Gasteiger partial charge in [-0.2, -0.15) is 11.3 Å². The molecule has 0 aliphatic rings. The Bertz CT molecular complexity index is 549. The first-order valence-corrected chi connectivity index (χ1v) is 7.33. The van der Waals surface area contributed by atoms with Gasteiger partial charge in [0.15, 0.2) is 0 Å². The van der Waals surface area contributed by atoms with E-state index in [0.717, 1.165) is 29.9 Å². The third-order valence-corrected chi connectivity index (χ3v) is 3.51. The first kappa shape index (κ1) is 13.6. The van der Waals surface area contributed by atoms with Crippen LogP contribution in [-0.4, -0.2) is 12.5 Å². The molecule has 4 heteroatoms. The summed E-state index contributed by atoms with van der Waals surface area (Å²) in [5.74, 6) is -0.0575. The van der Waals surface area contributed by atoms with Crippen molar-refractivity contribution in [2.24, 2.45) is 0 Å². The zero-order valence-electron chi connectivity index (χ0n) is 11.2. The minimum Gasteiger partial charge on any atom is -0.385 e. The molecule has 1 amide bonds. The second-order valence-corrected chi connectivity index (χ2v) is 5.20. The maximum atomic E-state index is 12.1. The summed E-state index contributed by atoms with van der Waals surface area (Å²) in [5.41, 5.74) is 3.61. The number of carbonyl (C=O) groups is 1. The minimum atomic E-state index is -0.0575. The molecule has 100 valence electrons. The molecule has 1 aromatic heterocycles. The number of anilines is 2. The van der Waals surface area contributed by atoms with Crippen LogP contribution in [0.15, 0.2) is 35.0 Å². The first-order valence-electron chi connectivity index (χ1n) is 6.38. The number of aryl methyl sites for hydroxylation is 1. The highest BCUT2D eigenvalue weighted by molar-refractivity contribution is 7.08. The predicted molar refractivity (Wildman–Crippen MR) is 82.2 cm³/mol. The number of benzene rings is 1. The zero-order valence-corrected chi connectivity index (χ0v) is 12.0. The van der Waals surface area contributed by atoms with Crippen molar-refractivity contribution in [3.63, 3.8) is 0 Å². The molecule has 0 aliphatic heterocycles. The van der Waals surface area contributed by atoms with Crippen LogP contribution in [0.1, 0.15) is 29.3 Å². The Hall–Kier alpha value is -1.81. The van der Waals surface area contributed by atoms with Gasteiger partial charge >= 0.3 is 0 Å². The van der Waals surface area contributed by atoms with E-state index in [1.165, 1.54) is 0 Å². The second kappa shape index (κ2) is 6.38. The molecule has 0 radical (unpaired) electrons. The largest absolute Gasteiger partial charge is 0.385 e. The van der Waals surface area contributed by atoms with Crippen LogP contribution in [0.5, 0.6) is 0 Å². The summed E-state index contributed by atoms with van der Waals surface area (Å²) in [6, 6.07) is 7.73. The Kier molecular flexibility index (Phi) is 4.58. The molecule has 0 unspecified atom stereocenters. The molecule has 0 aliphatic carbocycles. The summed E-state index contributed by atoms with van der Waals surface area (Å²) in [6.07, 6.45) is 1.08. The van der Waals surface area contributed by atoms with Crippen LogP contribution in [0.3, 0.4) is 0 Å². The van der Waals surface area contributed by atoms with Crippen LogP contribution in [-0.2, 0) is 0 Å². The average Bonchev–Trinajstić information content (AvgIpc) is 2.89. The zero-order chi connectivity index (χ0) is 13.7. The van der Waals surface area contributed by atoms with Crippen molar-refractivity contribution in [3.05, 3.63) is 46.2 Å². The van der Waals surface area contributed by atoms with E-state index in [4.69, 9.17) is 0 Å². The van der Waals surface area contributed by atoms with Crippen LogP contribution in [0.25, 0.3) is 0 Å². The summed E-state index contributed by atoms with van der Waals surface area (Å²) in [5, 5.41) is 10.1. The van der Waals surface area contributed by atoms with Gasteiger partial charge in [0, 0.05) is 23.2 Å². The smallest absolute Gasteiger partial charge is 0.255 e.